The second-order valence-electron chi connectivity index (χ2n) is 18.8. The maximum atomic E-state index is 2.62. The van der Waals surface area contributed by atoms with Crippen LogP contribution in [0.3, 0.4) is 0 Å². The average Bonchev–Trinajstić information content (AvgIpc) is 3.93. The van der Waals surface area contributed by atoms with Crippen molar-refractivity contribution in [3.63, 3.8) is 0 Å². The average molecular weight is 923 g/mol. The fraction of sp³-hybridized carbons (Fsp3) is 0.169. The van der Waals surface area contributed by atoms with Gasteiger partial charge in [0.25, 0.3) is 0 Å². The predicted octanol–water partition coefficient (Wildman–Crippen LogP) is 8.86. The molecule has 0 heterocycles. The molecule has 0 nitrogen and oxygen atoms in total. The van der Waals surface area contributed by atoms with Gasteiger partial charge in [0.1, 0.15) is 0 Å². The summed E-state index contributed by atoms with van der Waals surface area (Å²) in [6, 6.07) is 62.5. The molecule has 306 valence electrons. The Morgan fingerprint density at radius 1 is 0.500 bits per heavy atom. The Bertz CT molecular complexity index is 2990. The first-order valence-corrected chi connectivity index (χ1v) is 25.3. The quantitative estimate of drug-likeness (QED) is 0.157. The van der Waals surface area contributed by atoms with Crippen LogP contribution in [-0.2, 0) is 38.5 Å². The normalized spacial score (nSPS) is 12.8. The molecular formula is C59H52Cl2Zr. The summed E-state index contributed by atoms with van der Waals surface area (Å²) in [5.41, 5.74) is 16.8. The zero-order valence-electron chi connectivity index (χ0n) is 36.5. The molecule has 0 radical (unpaired) electrons. The van der Waals surface area contributed by atoms with Crippen LogP contribution in [0.5, 0.6) is 0 Å². The van der Waals surface area contributed by atoms with E-state index < -0.39 is 21.3 Å². The number of rotatable bonds is 6. The summed E-state index contributed by atoms with van der Waals surface area (Å²) < 4.78 is 4.85. The molecule has 2 aliphatic rings. The molecule has 0 fully saturated rings. The van der Waals surface area contributed by atoms with Crippen molar-refractivity contribution < 1.29 is 46.1 Å². The van der Waals surface area contributed by atoms with E-state index in [9.17, 15) is 0 Å². The van der Waals surface area contributed by atoms with Gasteiger partial charge in [-0.1, -0.05) is 0 Å². The van der Waals surface area contributed by atoms with Crippen molar-refractivity contribution in [1.29, 1.82) is 0 Å². The van der Waals surface area contributed by atoms with Crippen molar-refractivity contribution in [2.75, 3.05) is 0 Å². The Morgan fingerprint density at radius 2 is 1.02 bits per heavy atom. The number of allylic oxidation sites excluding steroid dienone is 4. The van der Waals surface area contributed by atoms with Crippen LogP contribution in [0.4, 0.5) is 0 Å². The molecule has 0 saturated heterocycles. The number of benzene rings is 8. The number of hydrogen-bond acceptors (Lipinski definition) is 0. The van der Waals surface area contributed by atoms with E-state index in [0.717, 1.165) is 12.8 Å². The van der Waals surface area contributed by atoms with Crippen molar-refractivity contribution in [3.8, 4) is 33.4 Å². The molecule has 0 bridgehead atoms. The molecule has 3 heteroatoms. The summed E-state index contributed by atoms with van der Waals surface area (Å²) in [4.78, 5) is 0. The van der Waals surface area contributed by atoms with Crippen LogP contribution in [-0.4, -0.2) is 3.21 Å². The van der Waals surface area contributed by atoms with Crippen molar-refractivity contribution >= 4 is 28.0 Å². The Labute approximate surface area is 388 Å². The SMILES string of the molecule is CC(C)(C)c1cc2c(cc1-c1ccccc1)Cc1c-2cc(C(C)(C)C)c(-c2ccccc2)[c]1[Zr+2]([C]1=CC=CC1)=[C](c1cccc2ccccc12)c1cccc2ccccc12.[Cl-].[Cl-]. The summed E-state index contributed by atoms with van der Waals surface area (Å²) >= 11 is -3.26. The summed E-state index contributed by atoms with van der Waals surface area (Å²) in [5, 5.41) is 5.26. The molecule has 8 aromatic rings. The maximum absolute atomic E-state index is 3.26. The molecule has 0 unspecified atom stereocenters. The summed E-state index contributed by atoms with van der Waals surface area (Å²) in [7, 11) is 0. The van der Waals surface area contributed by atoms with Gasteiger partial charge in [-0.25, -0.2) is 0 Å². The van der Waals surface area contributed by atoms with E-state index >= 15 is 0 Å². The molecule has 0 saturated carbocycles. The van der Waals surface area contributed by atoms with Crippen LogP contribution in [0.25, 0.3) is 54.9 Å². The third kappa shape index (κ3) is 7.76. The summed E-state index contributed by atoms with van der Waals surface area (Å²) in [5.74, 6) is 0. The topological polar surface area (TPSA) is 0 Å². The third-order valence-corrected chi connectivity index (χ3v) is 20.4. The first-order valence-electron chi connectivity index (χ1n) is 21.6. The Hall–Kier alpha value is -4.91. The zero-order chi connectivity index (χ0) is 41.2. The Morgan fingerprint density at radius 3 is 1.56 bits per heavy atom. The summed E-state index contributed by atoms with van der Waals surface area (Å²) in [6.45, 7) is 14.4. The Balaban J connectivity index is 0.00000264. The molecule has 0 spiro atoms. The van der Waals surface area contributed by atoms with Crippen molar-refractivity contribution in [2.45, 2.75) is 65.2 Å². The second kappa shape index (κ2) is 17.3. The smallest absolute Gasteiger partial charge is 1.00 e. The molecule has 10 rings (SSSR count). The van der Waals surface area contributed by atoms with E-state index in [2.05, 4.69) is 224 Å². The van der Waals surface area contributed by atoms with Gasteiger partial charge in [0, 0.05) is 0 Å². The van der Waals surface area contributed by atoms with Crippen LogP contribution < -0.4 is 28.1 Å². The van der Waals surface area contributed by atoms with E-state index in [-0.39, 0.29) is 35.6 Å². The molecule has 8 aromatic carbocycles. The van der Waals surface area contributed by atoms with E-state index in [1.54, 1.807) is 15.3 Å². The minimum Gasteiger partial charge on any atom is -1.00 e. The maximum Gasteiger partial charge on any atom is -1.00 e. The molecular weight excluding hydrogens is 871 g/mol. The van der Waals surface area contributed by atoms with Crippen LogP contribution in [0.1, 0.15) is 81.3 Å². The van der Waals surface area contributed by atoms with E-state index in [4.69, 9.17) is 0 Å². The van der Waals surface area contributed by atoms with Crippen LogP contribution >= 0.6 is 0 Å². The van der Waals surface area contributed by atoms with Crippen molar-refractivity contribution in [2.24, 2.45) is 0 Å². The van der Waals surface area contributed by atoms with Gasteiger partial charge in [0.2, 0.25) is 0 Å². The minimum atomic E-state index is -3.26. The van der Waals surface area contributed by atoms with Gasteiger partial charge < -0.3 is 24.8 Å². The zero-order valence-corrected chi connectivity index (χ0v) is 40.5. The predicted molar refractivity (Wildman–Crippen MR) is 256 cm³/mol. The molecule has 0 amide bonds. The molecule has 0 atom stereocenters. The minimum absolute atomic E-state index is 0. The summed E-state index contributed by atoms with van der Waals surface area (Å²) in [6.07, 6.45) is 9.19. The van der Waals surface area contributed by atoms with E-state index in [0.29, 0.717) is 0 Å². The second-order valence-corrected chi connectivity index (χ2v) is 24.7. The molecule has 2 aliphatic carbocycles. The standard InChI is InChI=1S/C33H33.C21H14.C5H5.2ClH.Zr/c1-32(2,3)30-20-26-24(18-28(30)22-13-9-7-10-14-22)17-25-19-29(23-15-11-8-12-16-23)31(21-27(25)26)33(4,5)6;1-3-13-20-16(7-1)9-5-11-18(20)15-19-12-6-10-17-8-2-4-14-21(17)19;1-2-4-5-3-1;;;/h7-16,18,20-21H,17H2,1-6H3;1-14H;1-3H,4H2;2*1H;/q;;;;;+2/p-2. The van der Waals surface area contributed by atoms with Crippen molar-refractivity contribution in [1.82, 2.24) is 0 Å². The van der Waals surface area contributed by atoms with Gasteiger partial charge in [-0.2, -0.15) is 0 Å². The van der Waals surface area contributed by atoms with E-state index in [1.165, 1.54) is 82.7 Å². The number of hydrogen-bond donors (Lipinski definition) is 0. The van der Waals surface area contributed by atoms with E-state index in [1.807, 2.05) is 0 Å². The van der Waals surface area contributed by atoms with Gasteiger partial charge in [-0.3, -0.25) is 0 Å². The molecule has 0 aliphatic heterocycles. The van der Waals surface area contributed by atoms with Gasteiger partial charge in [-0.05, 0) is 0 Å². The largest absolute Gasteiger partial charge is 1.00 e. The van der Waals surface area contributed by atoms with Gasteiger partial charge in [0.05, 0.1) is 0 Å². The van der Waals surface area contributed by atoms with Crippen LogP contribution in [0, 0.1) is 0 Å². The van der Waals surface area contributed by atoms with Crippen LogP contribution in [0.15, 0.2) is 185 Å². The Kier molecular flexibility index (Phi) is 12.2. The molecule has 62 heavy (non-hydrogen) atoms. The fourth-order valence-corrected chi connectivity index (χ4v) is 18.6. The first kappa shape index (κ1) is 43.7. The monoisotopic (exact) mass is 920 g/mol. The van der Waals surface area contributed by atoms with Crippen LogP contribution in [0.2, 0.25) is 0 Å². The fourth-order valence-electron chi connectivity index (χ4n) is 10.0. The van der Waals surface area contributed by atoms with Gasteiger partial charge in [0.15, 0.2) is 0 Å². The van der Waals surface area contributed by atoms with Gasteiger partial charge >= 0.3 is 367 Å². The molecule has 0 N–H and O–H groups in total. The first-order chi connectivity index (χ1) is 29.1. The van der Waals surface area contributed by atoms with Gasteiger partial charge in [-0.15, -0.1) is 0 Å². The third-order valence-electron chi connectivity index (χ3n) is 12.8. The number of fused-ring (bicyclic) bond motifs is 5. The molecule has 0 aromatic heterocycles. The van der Waals surface area contributed by atoms with Crippen molar-refractivity contribution in [3.05, 3.63) is 219 Å². The number of halogens is 2.